The molecule has 2 nitrogen and oxygen atoms in total. The molecule has 1 aliphatic rings. The van der Waals surface area contributed by atoms with Gasteiger partial charge in [0.2, 0.25) is 0 Å². The standard InChI is InChI=1S/C17H27ClN2/c1-3-11-19-13-14-9-10-17(16(18)12-14)20(2)15-7-5-4-6-8-15/h9-10,12,15,19H,3-8,11,13H2,1-2H3. The van der Waals surface area contributed by atoms with E-state index in [0.717, 1.165) is 24.5 Å². The van der Waals surface area contributed by atoms with Gasteiger partial charge in [0.1, 0.15) is 0 Å². The van der Waals surface area contributed by atoms with Crippen molar-refractivity contribution < 1.29 is 0 Å². The van der Waals surface area contributed by atoms with Crippen LogP contribution in [0.3, 0.4) is 0 Å². The van der Waals surface area contributed by atoms with Crippen molar-refractivity contribution in [3.8, 4) is 0 Å². The number of hydrogen-bond donors (Lipinski definition) is 1. The second-order valence-electron chi connectivity index (χ2n) is 5.87. The van der Waals surface area contributed by atoms with E-state index in [0.29, 0.717) is 6.04 Å². The van der Waals surface area contributed by atoms with Gasteiger partial charge < -0.3 is 10.2 Å². The van der Waals surface area contributed by atoms with Crippen LogP contribution in [0.4, 0.5) is 5.69 Å². The van der Waals surface area contributed by atoms with E-state index < -0.39 is 0 Å². The first kappa shape index (κ1) is 15.7. The van der Waals surface area contributed by atoms with Gasteiger partial charge in [0, 0.05) is 19.6 Å². The molecule has 1 aromatic rings. The molecule has 0 aliphatic heterocycles. The van der Waals surface area contributed by atoms with Gasteiger partial charge in [-0.25, -0.2) is 0 Å². The third-order valence-electron chi connectivity index (χ3n) is 4.27. The summed E-state index contributed by atoms with van der Waals surface area (Å²) in [6.07, 6.45) is 7.85. The van der Waals surface area contributed by atoms with E-state index >= 15 is 0 Å². The highest BCUT2D eigenvalue weighted by Gasteiger charge is 2.19. The molecule has 1 N–H and O–H groups in total. The van der Waals surface area contributed by atoms with Crippen LogP contribution in [0.2, 0.25) is 5.02 Å². The third kappa shape index (κ3) is 4.13. The molecule has 2 rings (SSSR count). The van der Waals surface area contributed by atoms with Gasteiger partial charge in [-0.05, 0) is 43.5 Å². The van der Waals surface area contributed by atoms with Gasteiger partial charge in [0.05, 0.1) is 10.7 Å². The van der Waals surface area contributed by atoms with Crippen molar-refractivity contribution >= 4 is 17.3 Å². The topological polar surface area (TPSA) is 15.3 Å². The molecule has 0 amide bonds. The van der Waals surface area contributed by atoms with Crippen molar-refractivity contribution in [1.82, 2.24) is 5.32 Å². The van der Waals surface area contributed by atoms with Crippen LogP contribution in [0.5, 0.6) is 0 Å². The summed E-state index contributed by atoms with van der Waals surface area (Å²) in [6, 6.07) is 7.15. The predicted molar refractivity (Wildman–Crippen MR) is 88.7 cm³/mol. The zero-order chi connectivity index (χ0) is 14.4. The van der Waals surface area contributed by atoms with Gasteiger partial charge in [-0.3, -0.25) is 0 Å². The van der Waals surface area contributed by atoms with E-state index in [1.165, 1.54) is 43.4 Å². The largest absolute Gasteiger partial charge is 0.370 e. The summed E-state index contributed by atoms with van der Waals surface area (Å²) in [5.41, 5.74) is 2.45. The lowest BCUT2D eigenvalue weighted by atomic mass is 9.94. The van der Waals surface area contributed by atoms with Crippen molar-refractivity contribution in [3.63, 3.8) is 0 Å². The maximum absolute atomic E-state index is 6.49. The molecule has 1 aromatic carbocycles. The van der Waals surface area contributed by atoms with Crippen molar-refractivity contribution in [2.45, 2.75) is 58.0 Å². The summed E-state index contributed by atoms with van der Waals surface area (Å²) in [6.45, 7) is 4.14. The predicted octanol–water partition coefficient (Wildman–Crippen LogP) is 4.61. The van der Waals surface area contributed by atoms with Crippen LogP contribution >= 0.6 is 11.6 Å². The Labute approximate surface area is 128 Å². The molecular weight excluding hydrogens is 268 g/mol. The van der Waals surface area contributed by atoms with Gasteiger partial charge in [-0.1, -0.05) is 43.9 Å². The molecule has 0 bridgehead atoms. The van der Waals surface area contributed by atoms with Crippen molar-refractivity contribution in [1.29, 1.82) is 0 Å². The van der Waals surface area contributed by atoms with E-state index in [4.69, 9.17) is 11.6 Å². The van der Waals surface area contributed by atoms with Crippen LogP contribution in [-0.2, 0) is 6.54 Å². The highest BCUT2D eigenvalue weighted by atomic mass is 35.5. The molecule has 0 spiro atoms. The lowest BCUT2D eigenvalue weighted by Gasteiger charge is -2.33. The normalized spacial score (nSPS) is 16.4. The smallest absolute Gasteiger partial charge is 0.0642 e. The summed E-state index contributed by atoms with van der Waals surface area (Å²) in [4.78, 5) is 2.38. The second kappa shape index (κ2) is 7.90. The number of nitrogens with zero attached hydrogens (tertiary/aromatic N) is 1. The van der Waals surface area contributed by atoms with Gasteiger partial charge in [0.25, 0.3) is 0 Å². The highest BCUT2D eigenvalue weighted by molar-refractivity contribution is 6.33. The van der Waals surface area contributed by atoms with E-state index in [9.17, 15) is 0 Å². The molecule has 1 saturated carbocycles. The molecule has 0 heterocycles. The average molecular weight is 295 g/mol. The molecule has 1 fully saturated rings. The van der Waals surface area contributed by atoms with Crippen LogP contribution < -0.4 is 10.2 Å². The molecule has 0 unspecified atom stereocenters. The van der Waals surface area contributed by atoms with E-state index in [1.807, 2.05) is 0 Å². The Hall–Kier alpha value is -0.730. The second-order valence-corrected chi connectivity index (χ2v) is 6.27. The van der Waals surface area contributed by atoms with Crippen molar-refractivity contribution in [2.75, 3.05) is 18.5 Å². The number of benzene rings is 1. The first-order valence-electron chi connectivity index (χ1n) is 7.94. The quantitative estimate of drug-likeness (QED) is 0.771. The van der Waals surface area contributed by atoms with Crippen molar-refractivity contribution in [3.05, 3.63) is 28.8 Å². The van der Waals surface area contributed by atoms with Gasteiger partial charge >= 0.3 is 0 Å². The van der Waals surface area contributed by atoms with Gasteiger partial charge in [-0.2, -0.15) is 0 Å². The molecule has 3 heteroatoms. The summed E-state index contributed by atoms with van der Waals surface area (Å²) >= 11 is 6.49. The number of rotatable bonds is 6. The number of nitrogens with one attached hydrogen (secondary N) is 1. The van der Waals surface area contributed by atoms with E-state index in [1.54, 1.807) is 0 Å². The average Bonchev–Trinajstić information content (AvgIpc) is 2.48. The van der Waals surface area contributed by atoms with E-state index in [-0.39, 0.29) is 0 Å². The van der Waals surface area contributed by atoms with Crippen LogP contribution in [0.1, 0.15) is 51.0 Å². The van der Waals surface area contributed by atoms with E-state index in [2.05, 4.69) is 42.4 Å². The Morgan fingerprint density at radius 1 is 1.25 bits per heavy atom. The fourth-order valence-electron chi connectivity index (χ4n) is 3.02. The maximum Gasteiger partial charge on any atom is 0.0642 e. The fraction of sp³-hybridized carbons (Fsp3) is 0.647. The summed E-state index contributed by atoms with van der Waals surface area (Å²) in [5, 5.41) is 4.30. The van der Waals surface area contributed by atoms with Crippen molar-refractivity contribution in [2.24, 2.45) is 0 Å². The minimum absolute atomic E-state index is 0.658. The zero-order valence-corrected chi connectivity index (χ0v) is 13.5. The first-order chi connectivity index (χ1) is 9.72. The Kier molecular flexibility index (Phi) is 6.18. The Morgan fingerprint density at radius 2 is 2.00 bits per heavy atom. The minimum atomic E-state index is 0.658. The van der Waals surface area contributed by atoms with Crippen LogP contribution in [0.25, 0.3) is 0 Å². The van der Waals surface area contributed by atoms with Gasteiger partial charge in [-0.15, -0.1) is 0 Å². The first-order valence-corrected chi connectivity index (χ1v) is 8.32. The Bertz CT molecular complexity index is 413. The van der Waals surface area contributed by atoms with Crippen LogP contribution in [0, 0.1) is 0 Å². The highest BCUT2D eigenvalue weighted by Crippen LogP contribution is 2.31. The number of halogens is 1. The fourth-order valence-corrected chi connectivity index (χ4v) is 3.36. The summed E-state index contributed by atoms with van der Waals surface area (Å²) < 4.78 is 0. The zero-order valence-electron chi connectivity index (χ0n) is 12.8. The molecule has 1 aliphatic carbocycles. The molecule has 20 heavy (non-hydrogen) atoms. The summed E-state index contributed by atoms with van der Waals surface area (Å²) in [5.74, 6) is 0. The summed E-state index contributed by atoms with van der Waals surface area (Å²) in [7, 11) is 2.19. The van der Waals surface area contributed by atoms with Crippen LogP contribution in [0.15, 0.2) is 18.2 Å². The molecule has 112 valence electrons. The molecule has 0 radical (unpaired) electrons. The molecular formula is C17H27ClN2. The van der Waals surface area contributed by atoms with Gasteiger partial charge in [0.15, 0.2) is 0 Å². The minimum Gasteiger partial charge on any atom is -0.370 e. The lowest BCUT2D eigenvalue weighted by molar-refractivity contribution is 0.427. The molecule has 0 aromatic heterocycles. The third-order valence-corrected chi connectivity index (χ3v) is 4.57. The number of anilines is 1. The van der Waals surface area contributed by atoms with Crippen LogP contribution in [-0.4, -0.2) is 19.6 Å². The molecule has 0 saturated heterocycles. The lowest BCUT2D eigenvalue weighted by Crippen LogP contribution is -2.33. The number of hydrogen-bond acceptors (Lipinski definition) is 2. The Morgan fingerprint density at radius 3 is 2.65 bits per heavy atom. The SMILES string of the molecule is CCCNCc1ccc(N(C)C2CCCCC2)c(Cl)c1. The Balaban J connectivity index is 2.00. The monoisotopic (exact) mass is 294 g/mol. The molecule has 0 atom stereocenters. The maximum atomic E-state index is 6.49.